The second-order valence-electron chi connectivity index (χ2n) is 3.88. The van der Waals surface area contributed by atoms with Crippen LogP contribution in [0.4, 0.5) is 0 Å². The van der Waals surface area contributed by atoms with Crippen molar-refractivity contribution < 1.29 is 4.74 Å². The fourth-order valence-electron chi connectivity index (χ4n) is 1.96. The van der Waals surface area contributed by atoms with Crippen LogP contribution in [0.5, 0.6) is 0 Å². The van der Waals surface area contributed by atoms with Crippen LogP contribution >= 0.6 is 0 Å². The lowest BCUT2D eigenvalue weighted by Crippen LogP contribution is -2.10. The van der Waals surface area contributed by atoms with Gasteiger partial charge in [0.15, 0.2) is 0 Å². The Bertz CT molecular complexity index is 152. The average Bonchev–Trinajstić information content (AvgIpc) is 2.16. The minimum absolute atomic E-state index is 0.211. The average molecular weight is 181 g/mol. The van der Waals surface area contributed by atoms with Gasteiger partial charge in [-0.2, -0.15) is 5.26 Å². The standard InChI is InChI=1S/C11H19NO/c12-10-13-11-8-6-4-2-1-3-5-7-9-11/h11H,1-9H2. The Hall–Kier alpha value is -0.710. The van der Waals surface area contributed by atoms with Crippen LogP contribution in [0, 0.1) is 11.5 Å². The molecule has 0 amide bonds. The van der Waals surface area contributed by atoms with Gasteiger partial charge in [-0.1, -0.05) is 32.1 Å². The van der Waals surface area contributed by atoms with Crippen molar-refractivity contribution in [2.75, 3.05) is 0 Å². The van der Waals surface area contributed by atoms with E-state index in [0.29, 0.717) is 0 Å². The van der Waals surface area contributed by atoms with Crippen LogP contribution in [0.15, 0.2) is 0 Å². The summed E-state index contributed by atoms with van der Waals surface area (Å²) in [5, 5.41) is 8.43. The van der Waals surface area contributed by atoms with Gasteiger partial charge in [0, 0.05) is 0 Å². The summed E-state index contributed by atoms with van der Waals surface area (Å²) in [6, 6.07) is 0. The predicted molar refractivity (Wildman–Crippen MR) is 52.0 cm³/mol. The number of hydrogen-bond acceptors (Lipinski definition) is 2. The van der Waals surface area contributed by atoms with Crippen LogP contribution in [0.3, 0.4) is 0 Å². The highest BCUT2D eigenvalue weighted by molar-refractivity contribution is 4.65. The summed E-state index contributed by atoms with van der Waals surface area (Å²) in [6.07, 6.45) is 13.4. The molecule has 0 N–H and O–H groups in total. The molecular weight excluding hydrogens is 162 g/mol. The molecule has 2 nitrogen and oxygen atoms in total. The third-order valence-electron chi connectivity index (χ3n) is 2.77. The first kappa shape index (κ1) is 10.4. The van der Waals surface area contributed by atoms with E-state index < -0.39 is 0 Å². The molecule has 0 radical (unpaired) electrons. The van der Waals surface area contributed by atoms with Gasteiger partial charge in [-0.15, -0.1) is 0 Å². The third kappa shape index (κ3) is 4.77. The van der Waals surface area contributed by atoms with Crippen molar-refractivity contribution in [1.29, 1.82) is 5.26 Å². The Morgan fingerprint density at radius 2 is 1.31 bits per heavy atom. The molecular formula is C11H19NO. The molecule has 0 bridgehead atoms. The first-order chi connectivity index (χ1) is 6.43. The summed E-state index contributed by atoms with van der Waals surface area (Å²) < 4.78 is 5.02. The summed E-state index contributed by atoms with van der Waals surface area (Å²) in [7, 11) is 0. The van der Waals surface area contributed by atoms with E-state index in [4.69, 9.17) is 10.00 Å². The molecule has 0 aliphatic heterocycles. The lowest BCUT2D eigenvalue weighted by molar-refractivity contribution is 0.134. The lowest BCUT2D eigenvalue weighted by Gasteiger charge is -2.15. The molecule has 0 heterocycles. The zero-order valence-electron chi connectivity index (χ0n) is 8.30. The van der Waals surface area contributed by atoms with Crippen molar-refractivity contribution in [3.63, 3.8) is 0 Å². The topological polar surface area (TPSA) is 33.0 Å². The third-order valence-corrected chi connectivity index (χ3v) is 2.77. The summed E-state index contributed by atoms with van der Waals surface area (Å²) >= 11 is 0. The monoisotopic (exact) mass is 181 g/mol. The molecule has 0 unspecified atom stereocenters. The van der Waals surface area contributed by atoms with Gasteiger partial charge in [-0.3, -0.25) is 0 Å². The van der Waals surface area contributed by atoms with E-state index in [0.717, 1.165) is 12.8 Å². The van der Waals surface area contributed by atoms with Gasteiger partial charge in [-0.25, -0.2) is 0 Å². The number of ether oxygens (including phenoxy) is 1. The summed E-state index contributed by atoms with van der Waals surface area (Å²) in [5.74, 6) is 0. The summed E-state index contributed by atoms with van der Waals surface area (Å²) in [6.45, 7) is 0. The van der Waals surface area contributed by atoms with Gasteiger partial charge in [0.25, 0.3) is 6.26 Å². The molecule has 1 aliphatic carbocycles. The highest BCUT2D eigenvalue weighted by Crippen LogP contribution is 2.18. The van der Waals surface area contributed by atoms with Gasteiger partial charge >= 0.3 is 0 Å². The van der Waals surface area contributed by atoms with Crippen molar-refractivity contribution >= 4 is 0 Å². The number of nitrogens with zero attached hydrogens (tertiary/aromatic N) is 1. The zero-order chi connectivity index (χ0) is 9.36. The molecule has 1 fully saturated rings. The number of nitriles is 1. The van der Waals surface area contributed by atoms with E-state index in [2.05, 4.69) is 0 Å². The second-order valence-corrected chi connectivity index (χ2v) is 3.88. The Labute approximate surface area is 80.9 Å². The first-order valence-electron chi connectivity index (χ1n) is 5.48. The molecule has 0 spiro atoms. The minimum Gasteiger partial charge on any atom is -0.424 e. The molecule has 74 valence electrons. The molecule has 0 saturated heterocycles. The summed E-state index contributed by atoms with van der Waals surface area (Å²) in [4.78, 5) is 0. The van der Waals surface area contributed by atoms with Crippen LogP contribution in [-0.2, 0) is 4.74 Å². The van der Waals surface area contributed by atoms with E-state index in [9.17, 15) is 0 Å². The normalized spacial score (nSPS) is 21.8. The van der Waals surface area contributed by atoms with Crippen molar-refractivity contribution in [3.8, 4) is 6.26 Å². The largest absolute Gasteiger partial charge is 0.424 e. The summed E-state index contributed by atoms with van der Waals surface area (Å²) in [5.41, 5.74) is 0. The molecule has 2 heteroatoms. The molecule has 1 saturated carbocycles. The fraction of sp³-hybridized carbons (Fsp3) is 0.909. The van der Waals surface area contributed by atoms with Gasteiger partial charge in [0.05, 0.1) is 0 Å². The molecule has 0 aromatic heterocycles. The number of rotatable bonds is 1. The maximum absolute atomic E-state index is 8.43. The zero-order valence-corrected chi connectivity index (χ0v) is 8.30. The molecule has 0 atom stereocenters. The van der Waals surface area contributed by atoms with Gasteiger partial charge in [-0.05, 0) is 25.7 Å². The van der Waals surface area contributed by atoms with Crippen LogP contribution in [0.25, 0.3) is 0 Å². The van der Waals surface area contributed by atoms with Gasteiger partial charge < -0.3 is 4.74 Å². The van der Waals surface area contributed by atoms with Crippen molar-refractivity contribution in [2.45, 2.75) is 63.9 Å². The van der Waals surface area contributed by atoms with E-state index in [-0.39, 0.29) is 6.10 Å². The fourth-order valence-corrected chi connectivity index (χ4v) is 1.96. The Morgan fingerprint density at radius 3 is 1.77 bits per heavy atom. The SMILES string of the molecule is N#COC1CCCCCCCCC1. The predicted octanol–water partition coefficient (Wildman–Crippen LogP) is 3.38. The minimum atomic E-state index is 0.211. The van der Waals surface area contributed by atoms with Crippen LogP contribution in [-0.4, -0.2) is 6.10 Å². The van der Waals surface area contributed by atoms with Crippen LogP contribution in [0.1, 0.15) is 57.8 Å². The van der Waals surface area contributed by atoms with Gasteiger partial charge in [0.1, 0.15) is 6.10 Å². The van der Waals surface area contributed by atoms with Crippen molar-refractivity contribution in [2.24, 2.45) is 0 Å². The molecule has 1 rings (SSSR count). The van der Waals surface area contributed by atoms with E-state index in [1.54, 1.807) is 0 Å². The molecule has 1 aliphatic rings. The Kier molecular flexibility index (Phi) is 5.40. The first-order valence-corrected chi connectivity index (χ1v) is 5.48. The van der Waals surface area contributed by atoms with E-state index >= 15 is 0 Å². The highest BCUT2D eigenvalue weighted by Gasteiger charge is 2.10. The number of hydrogen-bond donors (Lipinski definition) is 0. The lowest BCUT2D eigenvalue weighted by atomic mass is 9.99. The Morgan fingerprint density at radius 1 is 0.846 bits per heavy atom. The van der Waals surface area contributed by atoms with Crippen LogP contribution < -0.4 is 0 Å². The molecule has 0 aromatic rings. The molecule has 13 heavy (non-hydrogen) atoms. The Balaban J connectivity index is 2.23. The van der Waals surface area contributed by atoms with Gasteiger partial charge in [0.2, 0.25) is 0 Å². The highest BCUT2D eigenvalue weighted by atomic mass is 16.5. The van der Waals surface area contributed by atoms with Crippen LogP contribution in [0.2, 0.25) is 0 Å². The smallest absolute Gasteiger partial charge is 0.286 e. The second kappa shape index (κ2) is 6.77. The van der Waals surface area contributed by atoms with Crippen molar-refractivity contribution in [3.05, 3.63) is 0 Å². The quantitative estimate of drug-likeness (QED) is 0.581. The molecule has 0 aromatic carbocycles. The van der Waals surface area contributed by atoms with E-state index in [1.807, 2.05) is 6.26 Å². The van der Waals surface area contributed by atoms with E-state index in [1.165, 1.54) is 44.9 Å². The maximum atomic E-state index is 8.43. The maximum Gasteiger partial charge on any atom is 0.286 e. The van der Waals surface area contributed by atoms with Crippen molar-refractivity contribution in [1.82, 2.24) is 0 Å².